The molecule has 0 bridgehead atoms. The fraction of sp³-hybridized carbons (Fsp3) is 0.450. The molecule has 2 saturated carbocycles. The average Bonchev–Trinajstić information content (AvgIpc) is 2.60. The first-order valence-corrected chi connectivity index (χ1v) is 9.01. The maximum atomic E-state index is 12.9. The van der Waals surface area contributed by atoms with Crippen molar-refractivity contribution in [2.75, 3.05) is 6.61 Å². The Balaban J connectivity index is 1.53. The Bertz CT molecular complexity index is 759. The third-order valence-electron chi connectivity index (χ3n) is 5.79. The fourth-order valence-electron chi connectivity index (χ4n) is 4.25. The molecule has 4 rings (SSSR count). The minimum absolute atomic E-state index is 0.0225. The molecule has 1 spiro atoms. The lowest BCUT2D eigenvalue weighted by molar-refractivity contribution is -0.169. The number of carbonyl (C=O) groups is 1. The van der Waals surface area contributed by atoms with Gasteiger partial charge in [0.1, 0.15) is 6.33 Å². The first kappa shape index (κ1) is 16.2. The van der Waals surface area contributed by atoms with Crippen LogP contribution in [0.3, 0.4) is 0 Å². The molecule has 1 heterocycles. The highest BCUT2D eigenvalue weighted by atomic mass is 16.5. The van der Waals surface area contributed by atoms with E-state index in [0.717, 1.165) is 37.0 Å². The molecule has 2 fully saturated rings. The minimum atomic E-state index is -0.0225. The van der Waals surface area contributed by atoms with Crippen LogP contribution < -0.4 is 5.32 Å². The van der Waals surface area contributed by atoms with Crippen LogP contribution in [0.2, 0.25) is 0 Å². The molecule has 2 unspecified atom stereocenters. The highest BCUT2D eigenvalue weighted by Gasteiger charge is 2.59. The molecule has 5 heteroatoms. The number of hydrogen-bond acceptors (Lipinski definition) is 4. The summed E-state index contributed by atoms with van der Waals surface area (Å²) in [5, 5.41) is 3.26. The Hall–Kier alpha value is -2.27. The topological polar surface area (TPSA) is 64.1 Å². The number of hydrogen-bond donors (Lipinski definition) is 1. The van der Waals surface area contributed by atoms with Gasteiger partial charge in [-0.3, -0.25) is 4.79 Å². The molecule has 1 aromatic carbocycles. The second kappa shape index (κ2) is 6.56. The normalized spacial score (nSPS) is 23.6. The van der Waals surface area contributed by atoms with Crippen LogP contribution in [-0.2, 0) is 4.74 Å². The number of amides is 1. The summed E-state index contributed by atoms with van der Waals surface area (Å²) < 4.78 is 5.88. The van der Waals surface area contributed by atoms with Crippen molar-refractivity contribution in [1.82, 2.24) is 15.3 Å². The van der Waals surface area contributed by atoms with Crippen molar-refractivity contribution < 1.29 is 9.53 Å². The summed E-state index contributed by atoms with van der Waals surface area (Å²) >= 11 is 0. The minimum Gasteiger partial charge on any atom is -0.378 e. The average molecular weight is 337 g/mol. The highest BCUT2D eigenvalue weighted by Crippen LogP contribution is 2.57. The van der Waals surface area contributed by atoms with Gasteiger partial charge >= 0.3 is 0 Å². The number of benzene rings is 1. The maximum absolute atomic E-state index is 12.9. The van der Waals surface area contributed by atoms with E-state index in [4.69, 9.17) is 4.74 Å². The van der Waals surface area contributed by atoms with Crippen molar-refractivity contribution in [3.8, 4) is 11.1 Å². The zero-order valence-electron chi connectivity index (χ0n) is 14.4. The number of rotatable bonds is 5. The molecular weight excluding hydrogens is 314 g/mol. The summed E-state index contributed by atoms with van der Waals surface area (Å²) in [7, 11) is 0. The van der Waals surface area contributed by atoms with Crippen LogP contribution >= 0.6 is 0 Å². The van der Waals surface area contributed by atoms with Gasteiger partial charge in [0.2, 0.25) is 0 Å². The quantitative estimate of drug-likeness (QED) is 0.910. The van der Waals surface area contributed by atoms with Gasteiger partial charge in [0.25, 0.3) is 5.91 Å². The predicted octanol–water partition coefficient (Wildman–Crippen LogP) is 3.22. The first-order chi connectivity index (χ1) is 12.2. The van der Waals surface area contributed by atoms with E-state index in [-0.39, 0.29) is 17.4 Å². The molecule has 1 aromatic heterocycles. The molecular formula is C20H23N3O2. The largest absolute Gasteiger partial charge is 0.378 e. The second-order valence-corrected chi connectivity index (χ2v) is 6.97. The Labute approximate surface area is 147 Å². The van der Waals surface area contributed by atoms with Crippen LogP contribution in [-0.4, -0.2) is 34.6 Å². The molecule has 2 aliphatic carbocycles. The zero-order chi connectivity index (χ0) is 17.3. The van der Waals surface area contributed by atoms with Gasteiger partial charge in [-0.1, -0.05) is 24.6 Å². The number of nitrogens with one attached hydrogen (secondary N) is 1. The summed E-state index contributed by atoms with van der Waals surface area (Å²) in [6.07, 6.45) is 9.71. The van der Waals surface area contributed by atoms with E-state index in [1.54, 1.807) is 12.4 Å². The van der Waals surface area contributed by atoms with E-state index in [2.05, 4.69) is 15.3 Å². The number of nitrogens with zero attached hydrogens (tertiary/aromatic N) is 2. The zero-order valence-corrected chi connectivity index (χ0v) is 14.4. The number of aromatic nitrogens is 2. The Morgan fingerprint density at radius 2 is 2.04 bits per heavy atom. The Kier molecular flexibility index (Phi) is 4.25. The smallest absolute Gasteiger partial charge is 0.252 e. The van der Waals surface area contributed by atoms with Crippen LogP contribution in [0.15, 0.2) is 43.0 Å². The number of carbonyl (C=O) groups excluding carboxylic acids is 1. The lowest BCUT2D eigenvalue weighted by atomic mass is 9.51. The van der Waals surface area contributed by atoms with E-state index < -0.39 is 0 Å². The summed E-state index contributed by atoms with van der Waals surface area (Å²) in [5.41, 5.74) is 2.55. The van der Waals surface area contributed by atoms with Crippen molar-refractivity contribution in [3.63, 3.8) is 0 Å². The fourth-order valence-corrected chi connectivity index (χ4v) is 4.25. The second-order valence-electron chi connectivity index (χ2n) is 6.97. The van der Waals surface area contributed by atoms with Gasteiger partial charge < -0.3 is 10.1 Å². The van der Waals surface area contributed by atoms with E-state index in [0.29, 0.717) is 11.7 Å². The molecule has 2 aliphatic rings. The van der Waals surface area contributed by atoms with Crippen molar-refractivity contribution in [2.45, 2.75) is 44.8 Å². The molecule has 0 radical (unpaired) electrons. The molecule has 2 atom stereocenters. The van der Waals surface area contributed by atoms with Gasteiger partial charge in [-0.2, -0.15) is 0 Å². The van der Waals surface area contributed by atoms with Gasteiger partial charge in [0, 0.05) is 41.6 Å². The van der Waals surface area contributed by atoms with Crippen LogP contribution in [0.4, 0.5) is 0 Å². The lowest BCUT2D eigenvalue weighted by Crippen LogP contribution is -2.67. The van der Waals surface area contributed by atoms with Crippen molar-refractivity contribution in [1.29, 1.82) is 0 Å². The van der Waals surface area contributed by atoms with Gasteiger partial charge in [-0.15, -0.1) is 0 Å². The van der Waals surface area contributed by atoms with Crippen LogP contribution in [0.5, 0.6) is 0 Å². The molecule has 5 nitrogen and oxygen atoms in total. The summed E-state index contributed by atoms with van der Waals surface area (Å²) in [6.45, 7) is 2.78. The monoisotopic (exact) mass is 337 g/mol. The number of ether oxygens (including phenoxy) is 1. The first-order valence-electron chi connectivity index (χ1n) is 9.01. The van der Waals surface area contributed by atoms with Crippen molar-refractivity contribution in [3.05, 3.63) is 48.5 Å². The van der Waals surface area contributed by atoms with Gasteiger partial charge in [-0.05, 0) is 37.8 Å². The van der Waals surface area contributed by atoms with Crippen LogP contribution in [0, 0.1) is 5.41 Å². The van der Waals surface area contributed by atoms with Crippen LogP contribution in [0.25, 0.3) is 11.1 Å². The van der Waals surface area contributed by atoms with E-state index >= 15 is 0 Å². The Morgan fingerprint density at radius 1 is 1.28 bits per heavy atom. The lowest BCUT2D eigenvalue weighted by Gasteiger charge is -2.61. The molecule has 130 valence electrons. The molecule has 1 N–H and O–H groups in total. The summed E-state index contributed by atoms with van der Waals surface area (Å²) in [6, 6.07) is 7.84. The molecule has 25 heavy (non-hydrogen) atoms. The Morgan fingerprint density at radius 3 is 2.72 bits per heavy atom. The van der Waals surface area contributed by atoms with Crippen LogP contribution in [0.1, 0.15) is 43.0 Å². The van der Waals surface area contributed by atoms with Gasteiger partial charge in [0.15, 0.2) is 0 Å². The third kappa shape index (κ3) is 2.72. The third-order valence-corrected chi connectivity index (χ3v) is 5.79. The van der Waals surface area contributed by atoms with Gasteiger partial charge in [-0.25, -0.2) is 9.97 Å². The SMILES string of the molecule is CCOC1CC(NC(=O)c2ccccc2-c2cncnc2)C12CCC2. The molecule has 0 saturated heterocycles. The van der Waals surface area contributed by atoms with Gasteiger partial charge in [0.05, 0.1) is 6.10 Å². The summed E-state index contributed by atoms with van der Waals surface area (Å²) in [4.78, 5) is 21.1. The molecule has 2 aromatic rings. The van der Waals surface area contributed by atoms with E-state index in [1.165, 1.54) is 12.7 Å². The van der Waals surface area contributed by atoms with Crippen molar-refractivity contribution in [2.24, 2.45) is 5.41 Å². The van der Waals surface area contributed by atoms with E-state index in [9.17, 15) is 4.79 Å². The van der Waals surface area contributed by atoms with E-state index in [1.807, 2.05) is 31.2 Å². The van der Waals surface area contributed by atoms with Crippen molar-refractivity contribution >= 4 is 5.91 Å². The summed E-state index contributed by atoms with van der Waals surface area (Å²) in [5.74, 6) is -0.0225. The predicted molar refractivity (Wildman–Crippen MR) is 95.0 cm³/mol. The highest BCUT2D eigenvalue weighted by molar-refractivity contribution is 6.01. The molecule has 1 amide bonds. The molecule has 0 aliphatic heterocycles. The maximum Gasteiger partial charge on any atom is 0.252 e. The standard InChI is InChI=1S/C20H23N3O2/c1-2-25-18-10-17(20(18)8-5-9-20)23-19(24)16-7-4-3-6-15(16)14-11-21-13-22-12-14/h3-4,6-7,11-13,17-18H,2,5,8-10H2,1H3,(H,23,24).